The minimum absolute atomic E-state index is 0.0331. The number of methoxy groups -OCH3 is 1. The monoisotopic (exact) mass is 375 g/mol. The van der Waals surface area contributed by atoms with Crippen molar-refractivity contribution >= 4 is 17.3 Å². The first-order valence-corrected chi connectivity index (χ1v) is 9.17. The number of nitrogens with two attached hydrogens (primary N) is 1. The van der Waals surface area contributed by atoms with E-state index in [1.165, 1.54) is 18.4 Å². The first-order chi connectivity index (χ1) is 12.5. The van der Waals surface area contributed by atoms with Crippen molar-refractivity contribution in [3.63, 3.8) is 0 Å². The Bertz CT molecular complexity index is 800. The van der Waals surface area contributed by atoms with Gasteiger partial charge in [-0.1, -0.05) is 0 Å². The van der Waals surface area contributed by atoms with Crippen molar-refractivity contribution < 1.29 is 19.0 Å². The van der Waals surface area contributed by atoms with Crippen LogP contribution >= 0.6 is 11.3 Å². The van der Waals surface area contributed by atoms with E-state index in [0.29, 0.717) is 11.3 Å². The van der Waals surface area contributed by atoms with Gasteiger partial charge in [-0.2, -0.15) is 5.26 Å². The third-order valence-corrected chi connectivity index (χ3v) is 5.53. The molecule has 1 saturated heterocycles. The summed E-state index contributed by atoms with van der Waals surface area (Å²) in [6.07, 6.45) is 0. The van der Waals surface area contributed by atoms with Gasteiger partial charge in [-0.05, 0) is 23.9 Å². The summed E-state index contributed by atoms with van der Waals surface area (Å²) in [4.78, 5) is 15.5. The van der Waals surface area contributed by atoms with Gasteiger partial charge < -0.3 is 19.9 Å². The predicted octanol–water partition coefficient (Wildman–Crippen LogP) is 1.83. The zero-order chi connectivity index (χ0) is 18.7. The lowest BCUT2D eigenvalue weighted by Gasteiger charge is -2.26. The molecule has 0 amide bonds. The minimum atomic E-state index is -0.565. The van der Waals surface area contributed by atoms with Gasteiger partial charge in [0.15, 0.2) is 0 Å². The summed E-state index contributed by atoms with van der Waals surface area (Å²) in [5.41, 5.74) is 7.58. The molecule has 0 saturated carbocycles. The van der Waals surface area contributed by atoms with Gasteiger partial charge in [0.25, 0.3) is 0 Å². The minimum Gasteiger partial charge on any atom is -0.466 e. The Labute approximate surface area is 156 Å². The lowest BCUT2D eigenvalue weighted by Crippen LogP contribution is -2.35. The summed E-state index contributed by atoms with van der Waals surface area (Å²) in [5, 5.41) is 11.6. The third kappa shape index (κ3) is 3.60. The van der Waals surface area contributed by atoms with Crippen molar-refractivity contribution in [2.45, 2.75) is 19.4 Å². The molecule has 2 N–H and O–H groups in total. The Kier molecular flexibility index (Phi) is 5.61. The van der Waals surface area contributed by atoms with Gasteiger partial charge in [0, 0.05) is 24.5 Å². The largest absolute Gasteiger partial charge is 0.466 e. The molecule has 138 valence electrons. The average Bonchev–Trinajstić information content (AvgIpc) is 3.09. The van der Waals surface area contributed by atoms with E-state index in [2.05, 4.69) is 16.3 Å². The van der Waals surface area contributed by atoms with E-state index in [0.717, 1.165) is 43.3 Å². The summed E-state index contributed by atoms with van der Waals surface area (Å²) >= 11 is 1.50. The van der Waals surface area contributed by atoms with Gasteiger partial charge in [0.05, 0.1) is 31.8 Å². The Hall–Kier alpha value is -2.34. The molecule has 0 aromatic carbocycles. The molecule has 3 rings (SSSR count). The highest BCUT2D eigenvalue weighted by atomic mass is 32.1. The van der Waals surface area contributed by atoms with Crippen LogP contribution in [0.15, 0.2) is 34.2 Å². The highest BCUT2D eigenvalue weighted by molar-refractivity contribution is 7.10. The fraction of sp³-hybridized carbons (Fsp3) is 0.444. The average molecular weight is 375 g/mol. The van der Waals surface area contributed by atoms with Crippen molar-refractivity contribution in [2.75, 3.05) is 33.4 Å². The van der Waals surface area contributed by atoms with E-state index in [-0.39, 0.29) is 11.5 Å². The quantitative estimate of drug-likeness (QED) is 0.802. The second-order valence-electron chi connectivity index (χ2n) is 6.13. The van der Waals surface area contributed by atoms with Crippen molar-refractivity contribution in [3.8, 4) is 6.07 Å². The Morgan fingerprint density at radius 1 is 1.50 bits per heavy atom. The van der Waals surface area contributed by atoms with Gasteiger partial charge in [-0.3, -0.25) is 4.90 Å². The SMILES string of the molecule is COC(=O)C1=C(C)OC(N)=C(C#N)[C@H]1c1cc(CN2CCOCC2)cs1. The fourth-order valence-corrected chi connectivity index (χ4v) is 4.21. The highest BCUT2D eigenvalue weighted by Crippen LogP contribution is 2.41. The smallest absolute Gasteiger partial charge is 0.338 e. The number of nitrogens with zero attached hydrogens (tertiary/aromatic N) is 2. The number of allylic oxidation sites excluding steroid dienone is 2. The topological polar surface area (TPSA) is 97.8 Å². The van der Waals surface area contributed by atoms with Crippen molar-refractivity contribution in [3.05, 3.63) is 44.7 Å². The molecular formula is C18H21N3O4S. The number of ether oxygens (including phenoxy) is 3. The van der Waals surface area contributed by atoms with Crippen LogP contribution in [0.1, 0.15) is 23.3 Å². The Balaban J connectivity index is 1.92. The molecule has 2 aliphatic rings. The van der Waals surface area contributed by atoms with E-state index in [1.54, 1.807) is 6.92 Å². The molecule has 0 spiro atoms. The molecule has 7 nitrogen and oxygen atoms in total. The first-order valence-electron chi connectivity index (χ1n) is 8.29. The maximum Gasteiger partial charge on any atom is 0.338 e. The Morgan fingerprint density at radius 3 is 2.88 bits per heavy atom. The normalized spacial score (nSPS) is 21.3. The molecule has 1 atom stereocenters. The molecule has 1 aromatic rings. The number of hydrogen-bond donors (Lipinski definition) is 1. The van der Waals surface area contributed by atoms with Crippen LogP contribution in [-0.2, 0) is 25.5 Å². The molecular weight excluding hydrogens is 354 g/mol. The molecule has 3 heterocycles. The van der Waals surface area contributed by atoms with Crippen LogP contribution in [-0.4, -0.2) is 44.3 Å². The van der Waals surface area contributed by atoms with E-state index < -0.39 is 11.9 Å². The van der Waals surface area contributed by atoms with Crippen molar-refractivity contribution in [1.29, 1.82) is 5.26 Å². The van der Waals surface area contributed by atoms with Gasteiger partial charge in [-0.25, -0.2) is 4.79 Å². The summed E-state index contributed by atoms with van der Waals surface area (Å²) in [6.45, 7) is 5.73. The standard InChI is InChI=1S/C18H21N3O4S/c1-11-15(18(22)23-2)16(13(8-19)17(20)25-11)14-7-12(10-26-14)9-21-3-5-24-6-4-21/h7,10,16H,3-6,9,20H2,1-2H3/t16-/m0/s1. The van der Waals surface area contributed by atoms with Crippen LogP contribution in [0.5, 0.6) is 0 Å². The fourth-order valence-electron chi connectivity index (χ4n) is 3.19. The van der Waals surface area contributed by atoms with Crippen LogP contribution < -0.4 is 5.73 Å². The molecule has 1 fully saturated rings. The molecule has 2 aliphatic heterocycles. The van der Waals surface area contributed by atoms with Crippen LogP contribution in [0.4, 0.5) is 0 Å². The van der Waals surface area contributed by atoms with E-state index >= 15 is 0 Å². The molecule has 1 aromatic heterocycles. The number of carbonyl (C=O) groups is 1. The number of rotatable bonds is 4. The molecule has 0 unspecified atom stereocenters. The number of thiophene rings is 1. The molecule has 0 bridgehead atoms. The van der Waals surface area contributed by atoms with Crippen molar-refractivity contribution in [1.82, 2.24) is 4.90 Å². The van der Waals surface area contributed by atoms with Crippen LogP contribution in [0.3, 0.4) is 0 Å². The first kappa shape index (κ1) is 18.5. The van der Waals surface area contributed by atoms with Crippen LogP contribution in [0.2, 0.25) is 0 Å². The van der Waals surface area contributed by atoms with Crippen LogP contribution in [0, 0.1) is 11.3 Å². The van der Waals surface area contributed by atoms with E-state index in [9.17, 15) is 10.1 Å². The number of nitriles is 1. The molecule has 0 radical (unpaired) electrons. The zero-order valence-electron chi connectivity index (χ0n) is 14.8. The van der Waals surface area contributed by atoms with Crippen LogP contribution in [0.25, 0.3) is 0 Å². The Morgan fingerprint density at radius 2 is 2.23 bits per heavy atom. The number of morpholine rings is 1. The lowest BCUT2D eigenvalue weighted by atomic mass is 9.87. The summed E-state index contributed by atoms with van der Waals surface area (Å²) in [5.74, 6) is -0.687. The number of carbonyl (C=O) groups excluding carboxylic acids is 1. The maximum atomic E-state index is 12.3. The van der Waals surface area contributed by atoms with E-state index in [1.807, 2.05) is 6.07 Å². The summed E-state index contributed by atoms with van der Waals surface area (Å²) in [6, 6.07) is 4.11. The maximum absolute atomic E-state index is 12.3. The highest BCUT2D eigenvalue weighted by Gasteiger charge is 2.37. The predicted molar refractivity (Wildman–Crippen MR) is 95.8 cm³/mol. The van der Waals surface area contributed by atoms with E-state index in [4.69, 9.17) is 19.9 Å². The molecule has 8 heteroatoms. The molecule has 26 heavy (non-hydrogen) atoms. The molecule has 0 aliphatic carbocycles. The van der Waals surface area contributed by atoms with Gasteiger partial charge in [0.2, 0.25) is 5.88 Å². The second-order valence-corrected chi connectivity index (χ2v) is 7.07. The number of esters is 1. The van der Waals surface area contributed by atoms with Gasteiger partial charge in [-0.15, -0.1) is 11.3 Å². The summed E-state index contributed by atoms with van der Waals surface area (Å²) < 4.78 is 15.7. The number of hydrogen-bond acceptors (Lipinski definition) is 8. The lowest BCUT2D eigenvalue weighted by molar-refractivity contribution is -0.136. The van der Waals surface area contributed by atoms with Gasteiger partial charge >= 0.3 is 5.97 Å². The zero-order valence-corrected chi connectivity index (χ0v) is 15.6. The third-order valence-electron chi connectivity index (χ3n) is 4.48. The second kappa shape index (κ2) is 7.91. The van der Waals surface area contributed by atoms with Crippen molar-refractivity contribution in [2.24, 2.45) is 5.73 Å². The van der Waals surface area contributed by atoms with Gasteiger partial charge in [0.1, 0.15) is 17.4 Å². The summed E-state index contributed by atoms with van der Waals surface area (Å²) in [7, 11) is 1.31.